The van der Waals surface area contributed by atoms with Gasteiger partial charge in [0.2, 0.25) is 9.84 Å². The second-order valence-corrected chi connectivity index (χ2v) is 11.2. The number of rotatable bonds is 8. The van der Waals surface area contributed by atoms with Crippen molar-refractivity contribution in [3.05, 3.63) is 83.6 Å². The molecule has 0 bridgehead atoms. The molecule has 0 unspecified atom stereocenters. The van der Waals surface area contributed by atoms with Crippen molar-refractivity contribution in [1.29, 1.82) is 0 Å². The summed E-state index contributed by atoms with van der Waals surface area (Å²) < 4.78 is 24.7. The highest BCUT2D eigenvalue weighted by molar-refractivity contribution is 7.90. The van der Waals surface area contributed by atoms with Crippen LogP contribution in [0.3, 0.4) is 0 Å². The lowest BCUT2D eigenvalue weighted by Crippen LogP contribution is -2.17. The number of benzene rings is 3. The van der Waals surface area contributed by atoms with Crippen LogP contribution < -0.4 is 16.4 Å². The molecule has 0 radical (unpaired) electrons. The number of primary amides is 1. The molecule has 38 heavy (non-hydrogen) atoms. The first kappa shape index (κ1) is 25.0. The lowest BCUT2D eigenvalue weighted by molar-refractivity contribution is 0.0997. The van der Waals surface area contributed by atoms with Gasteiger partial charge in [-0.25, -0.2) is 18.1 Å². The number of hydrogen-bond donors (Lipinski definition) is 3. The van der Waals surface area contributed by atoms with Crippen LogP contribution in [-0.2, 0) is 16.4 Å². The van der Waals surface area contributed by atoms with Gasteiger partial charge in [-0.15, -0.1) is 0 Å². The number of carbonyl (C=O) groups is 2. The largest absolute Gasteiger partial charge is 0.364 e. The van der Waals surface area contributed by atoms with E-state index in [2.05, 4.69) is 31.1 Å². The van der Waals surface area contributed by atoms with Gasteiger partial charge in [0, 0.05) is 17.5 Å². The molecule has 0 spiro atoms. The Morgan fingerprint density at radius 1 is 1.03 bits per heavy atom. The molecule has 0 aliphatic rings. The lowest BCUT2D eigenvalue weighted by atomic mass is 10.1. The Morgan fingerprint density at radius 3 is 2.47 bits per heavy atom. The number of aromatic nitrogens is 5. The van der Waals surface area contributed by atoms with Gasteiger partial charge in [-0.05, 0) is 51.0 Å². The first-order chi connectivity index (χ1) is 18.2. The minimum Gasteiger partial charge on any atom is -0.364 e. The van der Waals surface area contributed by atoms with E-state index in [-0.39, 0.29) is 22.4 Å². The highest BCUT2D eigenvalue weighted by Crippen LogP contribution is 2.32. The Kier molecular flexibility index (Phi) is 6.57. The van der Waals surface area contributed by atoms with Crippen LogP contribution in [0.4, 0.5) is 15.8 Å². The maximum absolute atomic E-state index is 12.9. The van der Waals surface area contributed by atoms with E-state index in [9.17, 15) is 18.0 Å². The van der Waals surface area contributed by atoms with Crippen LogP contribution >= 0.6 is 11.3 Å². The van der Waals surface area contributed by atoms with Crippen LogP contribution in [0.25, 0.3) is 10.8 Å². The van der Waals surface area contributed by atoms with Crippen molar-refractivity contribution >= 4 is 59.6 Å². The van der Waals surface area contributed by atoms with Crippen molar-refractivity contribution < 1.29 is 18.0 Å². The van der Waals surface area contributed by atoms with E-state index in [0.29, 0.717) is 16.3 Å². The molecule has 14 heteroatoms. The third-order valence-corrected chi connectivity index (χ3v) is 7.31. The predicted octanol–water partition coefficient (Wildman–Crippen LogP) is 2.83. The van der Waals surface area contributed by atoms with Crippen LogP contribution in [0.5, 0.6) is 0 Å². The van der Waals surface area contributed by atoms with Crippen molar-refractivity contribution in [3.63, 3.8) is 0 Å². The average molecular weight is 549 g/mol. The second kappa shape index (κ2) is 9.99. The number of carbonyl (C=O) groups excluding carboxylic acids is 2. The summed E-state index contributed by atoms with van der Waals surface area (Å²) in [6, 6.07) is 20.1. The van der Waals surface area contributed by atoms with E-state index in [1.54, 1.807) is 24.3 Å². The number of tetrazole rings is 1. The number of thiazole rings is 1. The smallest absolute Gasteiger partial charge is 0.270 e. The predicted molar refractivity (Wildman–Crippen MR) is 142 cm³/mol. The normalized spacial score (nSPS) is 11.4. The van der Waals surface area contributed by atoms with Gasteiger partial charge in [0.15, 0.2) is 10.8 Å². The van der Waals surface area contributed by atoms with Crippen LogP contribution in [0.1, 0.15) is 26.4 Å². The Labute approximate surface area is 220 Å². The van der Waals surface area contributed by atoms with E-state index in [4.69, 9.17) is 5.73 Å². The van der Waals surface area contributed by atoms with Crippen molar-refractivity contribution in [2.24, 2.45) is 5.73 Å². The Morgan fingerprint density at radius 2 is 1.76 bits per heavy atom. The molecular formula is C24H20N8O4S2. The third kappa shape index (κ3) is 5.35. The van der Waals surface area contributed by atoms with E-state index < -0.39 is 21.7 Å². The van der Waals surface area contributed by atoms with E-state index in [1.165, 1.54) is 0 Å². The highest BCUT2D eigenvalue weighted by atomic mass is 32.2. The quantitative estimate of drug-likeness (QED) is 0.263. The maximum atomic E-state index is 12.9. The molecule has 0 saturated heterocycles. The van der Waals surface area contributed by atoms with E-state index in [1.807, 2.05) is 42.5 Å². The molecule has 0 aliphatic heterocycles. The van der Waals surface area contributed by atoms with Gasteiger partial charge in [-0.3, -0.25) is 9.59 Å². The van der Waals surface area contributed by atoms with Gasteiger partial charge in [0.1, 0.15) is 5.00 Å². The van der Waals surface area contributed by atoms with E-state index >= 15 is 0 Å². The van der Waals surface area contributed by atoms with Crippen molar-refractivity contribution in [2.75, 3.05) is 16.9 Å². The van der Waals surface area contributed by atoms with Crippen LogP contribution in [0, 0.1) is 0 Å². The van der Waals surface area contributed by atoms with Gasteiger partial charge in [-0.2, -0.15) is 0 Å². The number of sulfone groups is 1. The molecular weight excluding hydrogens is 528 g/mol. The number of fused-ring (bicyclic) bond motifs is 1. The highest BCUT2D eigenvalue weighted by Gasteiger charge is 2.20. The molecule has 5 aromatic rings. The molecule has 2 amide bonds. The SMILES string of the molecule is CS(=O)(=O)c1nnnn1Cc1ccc(C(=O)Nc2sc(Nc3ccc4ccccc4c3)nc2C(N)=O)cc1. The molecule has 192 valence electrons. The average Bonchev–Trinajstić information content (AvgIpc) is 3.51. The standard InChI is InChI=1S/C24H20N8O4S2/c1-38(35,36)24-29-30-31-32(24)13-14-6-8-16(9-7-14)21(34)28-22-19(20(25)33)27-23(37-22)26-18-11-10-15-4-2-3-5-17(15)12-18/h2-12H,13H2,1H3,(H2,25,33)(H,26,27)(H,28,34). The van der Waals surface area contributed by atoms with Crippen molar-refractivity contribution in [3.8, 4) is 0 Å². The lowest BCUT2D eigenvalue weighted by Gasteiger charge is -2.06. The van der Waals surface area contributed by atoms with Gasteiger partial charge in [0.25, 0.3) is 17.0 Å². The Bertz CT molecular complexity index is 1780. The van der Waals surface area contributed by atoms with E-state index in [0.717, 1.165) is 38.7 Å². The van der Waals surface area contributed by atoms with Gasteiger partial charge < -0.3 is 16.4 Å². The summed E-state index contributed by atoms with van der Waals surface area (Å²) in [4.78, 5) is 29.2. The molecule has 12 nitrogen and oxygen atoms in total. The molecule has 0 aliphatic carbocycles. The van der Waals surface area contributed by atoms with Gasteiger partial charge >= 0.3 is 0 Å². The fourth-order valence-electron chi connectivity index (χ4n) is 3.69. The zero-order chi connectivity index (χ0) is 26.9. The second-order valence-electron chi connectivity index (χ2n) is 8.29. The molecule has 0 saturated carbocycles. The zero-order valence-electron chi connectivity index (χ0n) is 19.8. The van der Waals surface area contributed by atoms with Crippen LogP contribution in [0.15, 0.2) is 71.9 Å². The number of amides is 2. The molecule has 0 atom stereocenters. The number of anilines is 3. The Hall–Kier alpha value is -4.69. The minimum absolute atomic E-state index is 0.0600. The first-order valence-electron chi connectivity index (χ1n) is 11.1. The number of nitrogens with one attached hydrogen (secondary N) is 2. The number of nitrogens with zero attached hydrogens (tertiary/aromatic N) is 5. The molecule has 3 aromatic carbocycles. The number of nitrogens with two attached hydrogens (primary N) is 1. The third-order valence-electron chi connectivity index (χ3n) is 5.47. The fourth-order valence-corrected chi connectivity index (χ4v) is 5.24. The zero-order valence-corrected chi connectivity index (χ0v) is 21.5. The first-order valence-corrected chi connectivity index (χ1v) is 13.8. The van der Waals surface area contributed by atoms with Crippen molar-refractivity contribution in [2.45, 2.75) is 11.7 Å². The summed E-state index contributed by atoms with van der Waals surface area (Å²) in [7, 11) is -3.59. The summed E-state index contributed by atoms with van der Waals surface area (Å²) >= 11 is 1.08. The minimum atomic E-state index is -3.59. The summed E-state index contributed by atoms with van der Waals surface area (Å²) in [5.74, 6) is -1.25. The Balaban J connectivity index is 1.31. The molecule has 5 rings (SSSR count). The van der Waals surface area contributed by atoms with Gasteiger partial charge in [-0.1, -0.05) is 58.9 Å². The molecule has 2 heterocycles. The summed E-state index contributed by atoms with van der Waals surface area (Å²) in [6.07, 6.45) is 1.02. The topological polar surface area (TPSA) is 175 Å². The van der Waals surface area contributed by atoms with Crippen LogP contribution in [-0.4, -0.2) is 51.7 Å². The van der Waals surface area contributed by atoms with Crippen molar-refractivity contribution in [1.82, 2.24) is 25.2 Å². The number of hydrogen-bond acceptors (Lipinski definition) is 10. The fraction of sp³-hybridized carbons (Fsp3) is 0.0833. The maximum Gasteiger partial charge on any atom is 0.270 e. The van der Waals surface area contributed by atoms with Gasteiger partial charge in [0.05, 0.1) is 6.54 Å². The molecule has 4 N–H and O–H groups in total. The summed E-state index contributed by atoms with van der Waals surface area (Å²) in [6.45, 7) is 0.0990. The summed E-state index contributed by atoms with van der Waals surface area (Å²) in [5.41, 5.74) is 7.19. The monoisotopic (exact) mass is 548 g/mol. The molecule has 2 aromatic heterocycles. The summed E-state index contributed by atoms with van der Waals surface area (Å²) in [5, 5.41) is 19.0. The van der Waals surface area contributed by atoms with Crippen LogP contribution in [0.2, 0.25) is 0 Å². The molecule has 0 fully saturated rings.